The molecular formula is C28H19F2N5O6S. The fraction of sp³-hybridized carbons (Fsp3) is 0.107. The summed E-state index contributed by atoms with van der Waals surface area (Å²) in [6, 6.07) is 12.4. The Morgan fingerprint density at radius 2 is 1.88 bits per heavy atom. The first kappa shape index (κ1) is 28.1. The molecule has 0 saturated heterocycles. The molecule has 5 rings (SSSR count). The van der Waals surface area contributed by atoms with Crippen LogP contribution in [0.5, 0.6) is 28.9 Å². The second-order valence-corrected chi connectivity index (χ2v) is 10.2. The quantitative estimate of drug-likeness (QED) is 0.299. The number of ether oxygens (including phenoxy) is 2. The normalized spacial score (nSPS) is 13.3. The van der Waals surface area contributed by atoms with Crippen LogP contribution < -0.4 is 9.47 Å². The molecule has 212 valence electrons. The summed E-state index contributed by atoms with van der Waals surface area (Å²) in [5, 5.41) is 28.3. The summed E-state index contributed by atoms with van der Waals surface area (Å²) < 4.78 is 54.6. The Morgan fingerprint density at radius 3 is 2.55 bits per heavy atom. The van der Waals surface area contributed by atoms with E-state index >= 15 is 4.39 Å². The van der Waals surface area contributed by atoms with Gasteiger partial charge in [-0.3, -0.25) is 4.99 Å². The monoisotopic (exact) mass is 591 g/mol. The number of nitriles is 1. The number of aromatic carboxylic acids is 1. The zero-order valence-corrected chi connectivity index (χ0v) is 22.4. The number of benzene rings is 2. The van der Waals surface area contributed by atoms with E-state index in [-0.39, 0.29) is 38.1 Å². The second-order valence-electron chi connectivity index (χ2n) is 8.80. The number of aliphatic imine (C=N–C) groups is 1. The lowest BCUT2D eigenvalue weighted by atomic mass is 10.1. The molecule has 3 heterocycles. The molecule has 1 aliphatic rings. The summed E-state index contributed by atoms with van der Waals surface area (Å²) in [6.07, 6.45) is 1.77. The topological polar surface area (TPSA) is 158 Å². The third-order valence-electron chi connectivity index (χ3n) is 6.04. The van der Waals surface area contributed by atoms with Gasteiger partial charge in [0.05, 0.1) is 35.5 Å². The Balaban J connectivity index is 1.52. The smallest absolute Gasteiger partial charge is 0.337 e. The standard InChI is InChI=1S/C28H19F2N5O6S/c1-35-9-8-32-26(35)18-11-17(42(39)23-7-3-16(13-33-23)28(37)38)4-6-21(18)40-25-19(29)14-34-27(24(25)30)41-22-10-15(12-31)2-5-20(22)36/h2-7,10-11,13-14,36H,8-9H2,1H3,(H,37,38). The number of carboxylic acid groups (broad SMARTS) is 1. The highest BCUT2D eigenvalue weighted by Crippen LogP contribution is 2.38. The van der Waals surface area contributed by atoms with E-state index < -0.39 is 45.8 Å². The van der Waals surface area contributed by atoms with Gasteiger partial charge in [-0.1, -0.05) is 0 Å². The Labute approximate surface area is 239 Å². The van der Waals surface area contributed by atoms with E-state index in [1.54, 1.807) is 11.9 Å². The van der Waals surface area contributed by atoms with Crippen molar-refractivity contribution in [2.45, 2.75) is 9.92 Å². The number of phenols is 1. The van der Waals surface area contributed by atoms with Crippen molar-refractivity contribution >= 4 is 22.6 Å². The third-order valence-corrected chi connectivity index (χ3v) is 7.35. The first-order valence-electron chi connectivity index (χ1n) is 12.1. The summed E-state index contributed by atoms with van der Waals surface area (Å²) in [5.74, 6) is -5.52. The number of amidine groups is 1. The highest BCUT2D eigenvalue weighted by atomic mass is 32.2. The second kappa shape index (κ2) is 11.6. The summed E-state index contributed by atoms with van der Waals surface area (Å²) in [7, 11) is -0.0860. The lowest BCUT2D eigenvalue weighted by Crippen LogP contribution is -2.24. The number of phenolic OH excluding ortho intramolecular Hbond substituents is 1. The van der Waals surface area contributed by atoms with Gasteiger partial charge in [-0.05, 0) is 42.5 Å². The predicted octanol–water partition coefficient (Wildman–Crippen LogP) is 4.47. The fourth-order valence-corrected chi connectivity index (χ4v) is 4.92. The lowest BCUT2D eigenvalue weighted by Gasteiger charge is -2.19. The van der Waals surface area contributed by atoms with Crippen LogP contribution in [0.1, 0.15) is 21.5 Å². The van der Waals surface area contributed by atoms with Gasteiger partial charge in [0.15, 0.2) is 17.3 Å². The van der Waals surface area contributed by atoms with Crippen molar-refractivity contribution in [1.82, 2.24) is 14.9 Å². The number of carbonyl (C=O) groups is 1. The largest absolute Gasteiger partial charge is 0.504 e. The molecule has 14 heteroatoms. The number of aromatic hydroxyl groups is 1. The van der Waals surface area contributed by atoms with E-state index in [2.05, 4.69) is 15.0 Å². The number of nitrogens with zero attached hydrogens (tertiary/aromatic N) is 5. The first-order chi connectivity index (χ1) is 20.2. The maximum Gasteiger partial charge on any atom is 0.337 e. The van der Waals surface area contributed by atoms with Crippen LogP contribution in [0.25, 0.3) is 0 Å². The van der Waals surface area contributed by atoms with Gasteiger partial charge in [-0.15, -0.1) is 0 Å². The molecule has 2 aromatic heterocycles. The van der Waals surface area contributed by atoms with Crippen LogP contribution in [-0.2, 0) is 10.8 Å². The zero-order chi connectivity index (χ0) is 30.0. The van der Waals surface area contributed by atoms with Crippen molar-refractivity contribution in [2.24, 2.45) is 4.99 Å². The maximum absolute atomic E-state index is 15.5. The van der Waals surface area contributed by atoms with Crippen molar-refractivity contribution in [3.63, 3.8) is 0 Å². The number of pyridine rings is 2. The Kier molecular flexibility index (Phi) is 7.76. The van der Waals surface area contributed by atoms with Gasteiger partial charge >= 0.3 is 5.97 Å². The van der Waals surface area contributed by atoms with Crippen LogP contribution in [-0.4, -0.2) is 61.2 Å². The molecule has 11 nitrogen and oxygen atoms in total. The molecule has 0 fully saturated rings. The number of hydrogen-bond donors (Lipinski definition) is 2. The van der Waals surface area contributed by atoms with E-state index in [0.717, 1.165) is 12.3 Å². The minimum absolute atomic E-state index is 0.0262. The number of likely N-dealkylation sites (N-methyl/N-ethyl adjacent to an activating group) is 1. The number of aromatic nitrogens is 2. The molecule has 1 unspecified atom stereocenters. The van der Waals surface area contributed by atoms with Crippen LogP contribution >= 0.6 is 0 Å². The molecule has 0 bridgehead atoms. The van der Waals surface area contributed by atoms with Crippen LogP contribution in [0, 0.1) is 23.0 Å². The van der Waals surface area contributed by atoms with Gasteiger partial charge in [0.25, 0.3) is 5.88 Å². The van der Waals surface area contributed by atoms with Crippen molar-refractivity contribution in [3.05, 3.63) is 89.2 Å². The molecule has 2 aromatic carbocycles. The third kappa shape index (κ3) is 5.58. The molecule has 0 amide bonds. The molecule has 0 aliphatic carbocycles. The molecule has 42 heavy (non-hydrogen) atoms. The van der Waals surface area contributed by atoms with E-state index in [1.807, 2.05) is 6.07 Å². The molecular weight excluding hydrogens is 572 g/mol. The number of hydrogen-bond acceptors (Lipinski definition) is 10. The molecule has 0 radical (unpaired) electrons. The van der Waals surface area contributed by atoms with E-state index in [9.17, 15) is 18.5 Å². The van der Waals surface area contributed by atoms with Crippen LogP contribution in [0.3, 0.4) is 0 Å². The molecule has 0 saturated carbocycles. The van der Waals surface area contributed by atoms with Crippen LogP contribution in [0.2, 0.25) is 0 Å². The highest BCUT2D eigenvalue weighted by Gasteiger charge is 2.25. The van der Waals surface area contributed by atoms with Crippen molar-refractivity contribution in [3.8, 4) is 34.9 Å². The van der Waals surface area contributed by atoms with Crippen molar-refractivity contribution in [2.75, 3.05) is 20.1 Å². The Hall–Kier alpha value is -5.42. The van der Waals surface area contributed by atoms with Gasteiger partial charge in [0.1, 0.15) is 27.4 Å². The van der Waals surface area contributed by atoms with E-state index in [4.69, 9.17) is 19.8 Å². The average molecular weight is 592 g/mol. The van der Waals surface area contributed by atoms with Crippen molar-refractivity contribution in [1.29, 1.82) is 5.26 Å². The predicted molar refractivity (Wildman–Crippen MR) is 143 cm³/mol. The molecule has 2 N–H and O–H groups in total. The van der Waals surface area contributed by atoms with Gasteiger partial charge in [0.2, 0.25) is 11.6 Å². The van der Waals surface area contributed by atoms with Gasteiger partial charge < -0.3 is 24.6 Å². The Bertz CT molecular complexity index is 1810. The maximum atomic E-state index is 15.5. The number of rotatable bonds is 8. The molecule has 1 atom stereocenters. The lowest BCUT2D eigenvalue weighted by molar-refractivity contribution is 0.0696. The molecule has 0 spiro atoms. The SMILES string of the molecule is CN1CCN=C1c1cc(S(=O)c2ccc(C(=O)O)cn2)ccc1Oc1c(F)cnc(Oc2cc(C#N)ccc2O)c1F. The van der Waals surface area contributed by atoms with E-state index in [0.29, 0.717) is 25.1 Å². The molecule has 1 aliphatic heterocycles. The van der Waals surface area contributed by atoms with Crippen LogP contribution in [0.15, 0.2) is 75.8 Å². The number of halogens is 2. The Morgan fingerprint density at radius 1 is 1.07 bits per heavy atom. The van der Waals surface area contributed by atoms with Crippen molar-refractivity contribution < 1.29 is 37.5 Å². The minimum Gasteiger partial charge on any atom is -0.504 e. The van der Waals surface area contributed by atoms with Gasteiger partial charge in [-0.2, -0.15) is 9.65 Å². The highest BCUT2D eigenvalue weighted by molar-refractivity contribution is 7.85. The van der Waals surface area contributed by atoms with Gasteiger partial charge in [-0.25, -0.2) is 23.4 Å². The van der Waals surface area contributed by atoms with Gasteiger partial charge in [0, 0.05) is 30.8 Å². The minimum atomic E-state index is -1.84. The average Bonchev–Trinajstić information content (AvgIpc) is 3.42. The summed E-state index contributed by atoms with van der Waals surface area (Å²) in [4.78, 5) is 25.2. The first-order valence-corrected chi connectivity index (χ1v) is 13.2. The van der Waals surface area contributed by atoms with E-state index in [1.165, 1.54) is 42.5 Å². The fourth-order valence-electron chi connectivity index (χ4n) is 3.93. The molecule has 4 aromatic rings. The summed E-state index contributed by atoms with van der Waals surface area (Å²) >= 11 is 0. The summed E-state index contributed by atoms with van der Waals surface area (Å²) in [6.45, 7) is 1.000. The summed E-state index contributed by atoms with van der Waals surface area (Å²) in [5.41, 5.74) is 0.332. The number of carboxylic acids is 1. The van der Waals surface area contributed by atoms with Crippen LogP contribution in [0.4, 0.5) is 8.78 Å². The zero-order valence-electron chi connectivity index (χ0n) is 21.6.